The standard InChI is InChI=1S/C13H18N4O/c14-12-10-7-13(15,9-2-5-18-6-3-9)4-1-11(10)16-8-17-12/h1,4,8-9H,2-3,5-7,15H2,(H2,14,16,17). The third kappa shape index (κ3) is 1.89. The van der Waals surface area contributed by atoms with Crippen LogP contribution in [0.15, 0.2) is 12.4 Å². The number of nitrogens with zero attached hydrogens (tertiary/aromatic N) is 2. The summed E-state index contributed by atoms with van der Waals surface area (Å²) in [5.74, 6) is 0.987. The van der Waals surface area contributed by atoms with Crippen molar-refractivity contribution in [2.45, 2.75) is 24.8 Å². The summed E-state index contributed by atoms with van der Waals surface area (Å²) in [6, 6.07) is 0. The highest BCUT2D eigenvalue weighted by Crippen LogP contribution is 2.35. The molecule has 1 aliphatic heterocycles. The number of nitrogen functional groups attached to an aromatic ring is 1. The van der Waals surface area contributed by atoms with E-state index in [0.717, 1.165) is 43.7 Å². The largest absolute Gasteiger partial charge is 0.383 e. The lowest BCUT2D eigenvalue weighted by molar-refractivity contribution is 0.0472. The van der Waals surface area contributed by atoms with Crippen LogP contribution in [0.3, 0.4) is 0 Å². The quantitative estimate of drug-likeness (QED) is 0.763. The van der Waals surface area contributed by atoms with Crippen molar-refractivity contribution in [2.24, 2.45) is 11.7 Å². The second kappa shape index (κ2) is 4.33. The maximum atomic E-state index is 6.56. The molecule has 0 spiro atoms. The third-order valence-corrected chi connectivity index (χ3v) is 4.03. The minimum atomic E-state index is -0.338. The van der Waals surface area contributed by atoms with E-state index >= 15 is 0 Å². The number of ether oxygens (including phenoxy) is 1. The van der Waals surface area contributed by atoms with Gasteiger partial charge in [0.15, 0.2) is 0 Å². The molecule has 1 aromatic heterocycles. The van der Waals surface area contributed by atoms with Gasteiger partial charge in [0, 0.05) is 24.3 Å². The average molecular weight is 246 g/mol. The van der Waals surface area contributed by atoms with Gasteiger partial charge in [-0.15, -0.1) is 0 Å². The maximum Gasteiger partial charge on any atom is 0.130 e. The fourth-order valence-electron chi connectivity index (χ4n) is 2.88. The molecule has 5 nitrogen and oxygen atoms in total. The second-order valence-corrected chi connectivity index (χ2v) is 5.13. The number of fused-ring (bicyclic) bond motifs is 1. The molecule has 1 saturated heterocycles. The molecule has 1 atom stereocenters. The highest BCUT2D eigenvalue weighted by molar-refractivity contribution is 5.61. The van der Waals surface area contributed by atoms with Crippen LogP contribution in [0.4, 0.5) is 5.82 Å². The van der Waals surface area contributed by atoms with Crippen LogP contribution in [0.5, 0.6) is 0 Å². The number of hydrogen-bond acceptors (Lipinski definition) is 5. The highest BCUT2D eigenvalue weighted by atomic mass is 16.5. The fraction of sp³-hybridized carbons (Fsp3) is 0.538. The Bertz CT molecular complexity index is 482. The Morgan fingerprint density at radius 3 is 2.83 bits per heavy atom. The van der Waals surface area contributed by atoms with E-state index in [2.05, 4.69) is 16.0 Å². The van der Waals surface area contributed by atoms with Gasteiger partial charge < -0.3 is 16.2 Å². The van der Waals surface area contributed by atoms with Crippen LogP contribution < -0.4 is 11.5 Å². The van der Waals surface area contributed by atoms with Crippen molar-refractivity contribution in [3.63, 3.8) is 0 Å². The van der Waals surface area contributed by atoms with Crippen LogP contribution in [0.1, 0.15) is 24.1 Å². The van der Waals surface area contributed by atoms with E-state index < -0.39 is 0 Å². The van der Waals surface area contributed by atoms with Crippen molar-refractivity contribution in [1.29, 1.82) is 0 Å². The smallest absolute Gasteiger partial charge is 0.130 e. The van der Waals surface area contributed by atoms with E-state index in [9.17, 15) is 0 Å². The molecule has 1 aromatic rings. The lowest BCUT2D eigenvalue weighted by Crippen LogP contribution is -2.50. The highest BCUT2D eigenvalue weighted by Gasteiger charge is 2.37. The minimum absolute atomic E-state index is 0.338. The third-order valence-electron chi connectivity index (χ3n) is 4.03. The predicted octanol–water partition coefficient (Wildman–Crippen LogP) is 0.752. The second-order valence-electron chi connectivity index (χ2n) is 5.13. The molecule has 5 heteroatoms. The summed E-state index contributed by atoms with van der Waals surface area (Å²) in [4.78, 5) is 8.29. The van der Waals surface area contributed by atoms with E-state index in [0.29, 0.717) is 11.7 Å². The molecule has 96 valence electrons. The topological polar surface area (TPSA) is 87.0 Å². The maximum absolute atomic E-state index is 6.56. The Morgan fingerprint density at radius 2 is 2.06 bits per heavy atom. The summed E-state index contributed by atoms with van der Waals surface area (Å²) in [6.45, 7) is 1.59. The molecular weight excluding hydrogens is 228 g/mol. The van der Waals surface area contributed by atoms with E-state index in [1.54, 1.807) is 0 Å². The van der Waals surface area contributed by atoms with E-state index in [1.165, 1.54) is 6.33 Å². The summed E-state index contributed by atoms with van der Waals surface area (Å²) in [7, 11) is 0. The van der Waals surface area contributed by atoms with Gasteiger partial charge in [-0.2, -0.15) is 0 Å². The van der Waals surface area contributed by atoms with E-state index in [1.807, 2.05) is 6.08 Å². The molecular formula is C13H18N4O. The number of aromatic nitrogens is 2. The van der Waals surface area contributed by atoms with Gasteiger partial charge in [-0.25, -0.2) is 9.97 Å². The summed E-state index contributed by atoms with van der Waals surface area (Å²) in [5, 5.41) is 0. The first-order valence-electron chi connectivity index (χ1n) is 6.34. The summed E-state index contributed by atoms with van der Waals surface area (Å²) >= 11 is 0. The number of anilines is 1. The molecule has 1 aliphatic carbocycles. The van der Waals surface area contributed by atoms with Crippen LogP contribution in [0.2, 0.25) is 0 Å². The lowest BCUT2D eigenvalue weighted by atomic mass is 9.73. The van der Waals surface area contributed by atoms with Crippen molar-refractivity contribution < 1.29 is 4.74 Å². The molecule has 2 aliphatic rings. The van der Waals surface area contributed by atoms with Crippen molar-refractivity contribution >= 4 is 11.9 Å². The Hall–Kier alpha value is -1.46. The Balaban J connectivity index is 1.91. The van der Waals surface area contributed by atoms with Crippen LogP contribution in [-0.2, 0) is 11.2 Å². The first-order valence-corrected chi connectivity index (χ1v) is 6.34. The normalized spacial score (nSPS) is 28.1. The van der Waals surface area contributed by atoms with Crippen LogP contribution in [-0.4, -0.2) is 28.7 Å². The zero-order valence-electron chi connectivity index (χ0n) is 10.3. The Kier molecular flexibility index (Phi) is 2.80. The molecule has 4 N–H and O–H groups in total. The van der Waals surface area contributed by atoms with Gasteiger partial charge in [-0.1, -0.05) is 6.08 Å². The molecule has 18 heavy (non-hydrogen) atoms. The Morgan fingerprint density at radius 1 is 1.28 bits per heavy atom. The zero-order chi connectivity index (χ0) is 12.6. The molecule has 0 aromatic carbocycles. The van der Waals surface area contributed by atoms with Crippen LogP contribution >= 0.6 is 0 Å². The summed E-state index contributed by atoms with van der Waals surface area (Å²) in [5.41, 5.74) is 14.0. The molecule has 0 radical (unpaired) electrons. The van der Waals surface area contributed by atoms with Gasteiger partial charge >= 0.3 is 0 Å². The van der Waals surface area contributed by atoms with Crippen molar-refractivity contribution in [3.05, 3.63) is 23.7 Å². The van der Waals surface area contributed by atoms with Gasteiger partial charge in [0.2, 0.25) is 0 Å². The van der Waals surface area contributed by atoms with Gasteiger partial charge in [0.1, 0.15) is 12.1 Å². The summed E-state index contributed by atoms with van der Waals surface area (Å²) in [6.07, 6.45) is 8.28. The molecule has 0 saturated carbocycles. The molecule has 0 bridgehead atoms. The molecule has 1 fully saturated rings. The minimum Gasteiger partial charge on any atom is -0.383 e. The number of rotatable bonds is 1. The van der Waals surface area contributed by atoms with Crippen molar-refractivity contribution in [3.8, 4) is 0 Å². The van der Waals surface area contributed by atoms with E-state index in [-0.39, 0.29) is 5.54 Å². The lowest BCUT2D eigenvalue weighted by Gasteiger charge is -2.39. The summed E-state index contributed by atoms with van der Waals surface area (Å²) < 4.78 is 5.40. The van der Waals surface area contributed by atoms with Crippen molar-refractivity contribution in [1.82, 2.24) is 9.97 Å². The van der Waals surface area contributed by atoms with Gasteiger partial charge in [0.05, 0.1) is 5.69 Å². The van der Waals surface area contributed by atoms with Crippen LogP contribution in [0, 0.1) is 5.92 Å². The first-order chi connectivity index (χ1) is 8.69. The zero-order valence-corrected chi connectivity index (χ0v) is 10.3. The predicted molar refractivity (Wildman–Crippen MR) is 69.6 cm³/mol. The average Bonchev–Trinajstić information content (AvgIpc) is 2.41. The molecule has 0 amide bonds. The molecule has 2 heterocycles. The Labute approximate surface area is 106 Å². The fourth-order valence-corrected chi connectivity index (χ4v) is 2.88. The molecule has 3 rings (SSSR count). The molecule has 1 unspecified atom stereocenters. The number of hydrogen-bond donors (Lipinski definition) is 2. The van der Waals surface area contributed by atoms with E-state index in [4.69, 9.17) is 16.2 Å². The van der Waals surface area contributed by atoms with Gasteiger partial charge in [-0.05, 0) is 31.3 Å². The monoisotopic (exact) mass is 246 g/mol. The van der Waals surface area contributed by atoms with Gasteiger partial charge in [0.25, 0.3) is 0 Å². The first kappa shape index (κ1) is 11.6. The van der Waals surface area contributed by atoms with Crippen molar-refractivity contribution in [2.75, 3.05) is 18.9 Å². The number of nitrogens with two attached hydrogens (primary N) is 2. The van der Waals surface area contributed by atoms with Gasteiger partial charge in [-0.3, -0.25) is 0 Å². The van der Waals surface area contributed by atoms with Crippen LogP contribution in [0.25, 0.3) is 6.08 Å². The SMILES string of the molecule is Nc1ncnc2c1CC(N)(C1CCOCC1)C=C2.